The van der Waals surface area contributed by atoms with Crippen LogP contribution in [-0.2, 0) is 6.42 Å². The summed E-state index contributed by atoms with van der Waals surface area (Å²) < 4.78 is 4.11. The summed E-state index contributed by atoms with van der Waals surface area (Å²) in [6, 6.07) is 6.60. The number of anilines is 1. The summed E-state index contributed by atoms with van der Waals surface area (Å²) in [5, 5.41) is 5.47. The molecule has 2 nitrogen and oxygen atoms in total. The summed E-state index contributed by atoms with van der Waals surface area (Å²) >= 11 is 1.50. The van der Waals surface area contributed by atoms with E-state index in [1.54, 1.807) is 0 Å². The Morgan fingerprint density at radius 2 is 2.29 bits per heavy atom. The zero-order valence-corrected chi connectivity index (χ0v) is 8.47. The summed E-state index contributed by atoms with van der Waals surface area (Å²) in [6.45, 7) is 1.07. The molecule has 0 amide bonds. The Kier molecular flexibility index (Phi) is 1.77. The normalized spacial score (nSPS) is 13.7. The minimum atomic E-state index is 1.07. The molecule has 0 aliphatic carbocycles. The zero-order chi connectivity index (χ0) is 9.38. The largest absolute Gasteiger partial charge is 0.384 e. The third-order valence-corrected chi connectivity index (χ3v) is 3.17. The van der Waals surface area contributed by atoms with E-state index in [9.17, 15) is 0 Å². The van der Waals surface area contributed by atoms with Crippen LogP contribution in [0.25, 0.3) is 11.1 Å². The van der Waals surface area contributed by atoms with Crippen molar-refractivity contribution in [1.82, 2.24) is 4.37 Å². The monoisotopic (exact) mass is 202 g/mol. The summed E-state index contributed by atoms with van der Waals surface area (Å²) in [4.78, 5) is 0. The molecule has 0 saturated heterocycles. The van der Waals surface area contributed by atoms with Gasteiger partial charge in [-0.05, 0) is 35.1 Å². The highest BCUT2D eigenvalue weighted by molar-refractivity contribution is 7.03. The Labute approximate surface area is 86.8 Å². The number of nitrogens with zero attached hydrogens (tertiary/aromatic N) is 1. The Bertz CT molecular complexity index is 448. The van der Waals surface area contributed by atoms with Gasteiger partial charge in [0.1, 0.15) is 0 Å². The maximum Gasteiger partial charge on any atom is 0.0485 e. The lowest BCUT2D eigenvalue weighted by Gasteiger charge is -2.02. The maximum absolute atomic E-state index is 4.11. The van der Waals surface area contributed by atoms with Crippen LogP contribution in [0.4, 0.5) is 5.69 Å². The van der Waals surface area contributed by atoms with Gasteiger partial charge in [0, 0.05) is 29.4 Å². The Morgan fingerprint density at radius 1 is 1.29 bits per heavy atom. The topological polar surface area (TPSA) is 24.9 Å². The number of nitrogens with one attached hydrogen (secondary N) is 1. The highest BCUT2D eigenvalue weighted by atomic mass is 32.1. The molecular formula is C11H10N2S. The van der Waals surface area contributed by atoms with Crippen molar-refractivity contribution in [2.75, 3.05) is 11.9 Å². The minimum Gasteiger partial charge on any atom is -0.384 e. The van der Waals surface area contributed by atoms with E-state index >= 15 is 0 Å². The van der Waals surface area contributed by atoms with Crippen LogP contribution in [0.3, 0.4) is 0 Å². The van der Waals surface area contributed by atoms with Crippen LogP contribution < -0.4 is 5.32 Å². The van der Waals surface area contributed by atoms with Crippen LogP contribution in [0.1, 0.15) is 5.56 Å². The maximum atomic E-state index is 4.11. The van der Waals surface area contributed by atoms with Gasteiger partial charge >= 0.3 is 0 Å². The van der Waals surface area contributed by atoms with E-state index in [1.807, 2.05) is 6.20 Å². The molecule has 1 aromatic heterocycles. The number of aromatic nitrogens is 1. The lowest BCUT2D eigenvalue weighted by Crippen LogP contribution is -1.90. The standard InChI is InChI=1S/C11H10N2S/c1-2-9(10-6-13-14-7-10)5-11-8(1)3-4-12-11/h1-2,5-7,12H,3-4H2. The fraction of sp³-hybridized carbons (Fsp3) is 0.182. The van der Waals surface area contributed by atoms with Crippen LogP contribution in [0.2, 0.25) is 0 Å². The lowest BCUT2D eigenvalue weighted by atomic mass is 10.1. The van der Waals surface area contributed by atoms with Crippen molar-refractivity contribution >= 4 is 17.2 Å². The molecule has 0 spiro atoms. The zero-order valence-electron chi connectivity index (χ0n) is 7.66. The second kappa shape index (κ2) is 3.10. The fourth-order valence-corrected chi connectivity index (χ4v) is 2.36. The van der Waals surface area contributed by atoms with Crippen LogP contribution in [0.5, 0.6) is 0 Å². The van der Waals surface area contributed by atoms with Gasteiger partial charge in [-0.25, -0.2) is 4.37 Å². The molecule has 0 atom stereocenters. The second-order valence-corrected chi connectivity index (χ2v) is 4.12. The number of hydrogen-bond donors (Lipinski definition) is 1. The first-order chi connectivity index (χ1) is 6.93. The number of fused-ring (bicyclic) bond motifs is 1. The summed E-state index contributed by atoms with van der Waals surface area (Å²) in [6.07, 6.45) is 3.07. The van der Waals surface area contributed by atoms with E-state index in [1.165, 1.54) is 33.9 Å². The number of benzene rings is 1. The molecule has 2 heterocycles. The van der Waals surface area contributed by atoms with Crippen molar-refractivity contribution < 1.29 is 0 Å². The first kappa shape index (κ1) is 8.00. The molecule has 2 aromatic rings. The van der Waals surface area contributed by atoms with Crippen LogP contribution in [0.15, 0.2) is 29.8 Å². The smallest absolute Gasteiger partial charge is 0.0485 e. The van der Waals surface area contributed by atoms with Gasteiger partial charge in [-0.15, -0.1) is 0 Å². The fourth-order valence-electron chi connectivity index (χ4n) is 1.82. The SMILES string of the molecule is c1cc2c(cc1-c1cnsc1)NCC2. The predicted octanol–water partition coefficient (Wildman–Crippen LogP) is 2.78. The van der Waals surface area contributed by atoms with Gasteiger partial charge in [0.15, 0.2) is 0 Å². The minimum absolute atomic E-state index is 1.07. The van der Waals surface area contributed by atoms with Crippen molar-refractivity contribution in [2.45, 2.75) is 6.42 Å². The third kappa shape index (κ3) is 1.21. The van der Waals surface area contributed by atoms with Gasteiger partial charge in [0.25, 0.3) is 0 Å². The summed E-state index contributed by atoms with van der Waals surface area (Å²) in [5.74, 6) is 0. The van der Waals surface area contributed by atoms with E-state index in [-0.39, 0.29) is 0 Å². The van der Waals surface area contributed by atoms with Crippen molar-refractivity contribution in [3.05, 3.63) is 35.3 Å². The average molecular weight is 202 g/mol. The molecule has 0 fully saturated rings. The van der Waals surface area contributed by atoms with Gasteiger partial charge in [0.2, 0.25) is 0 Å². The molecule has 0 saturated carbocycles. The third-order valence-electron chi connectivity index (χ3n) is 2.59. The Balaban J connectivity index is 2.09. The predicted molar refractivity (Wildman–Crippen MR) is 59.7 cm³/mol. The molecule has 0 unspecified atom stereocenters. The van der Waals surface area contributed by atoms with Crippen molar-refractivity contribution in [3.63, 3.8) is 0 Å². The van der Waals surface area contributed by atoms with E-state index in [2.05, 4.69) is 33.3 Å². The Hall–Kier alpha value is -1.35. The van der Waals surface area contributed by atoms with E-state index in [0.29, 0.717) is 0 Å². The first-order valence-electron chi connectivity index (χ1n) is 4.70. The average Bonchev–Trinajstić information content (AvgIpc) is 2.88. The molecule has 0 radical (unpaired) electrons. The van der Waals surface area contributed by atoms with Gasteiger partial charge in [-0.2, -0.15) is 0 Å². The van der Waals surface area contributed by atoms with Crippen molar-refractivity contribution in [2.24, 2.45) is 0 Å². The van der Waals surface area contributed by atoms with Gasteiger partial charge in [-0.3, -0.25) is 0 Å². The molecule has 1 aliphatic rings. The van der Waals surface area contributed by atoms with Crippen LogP contribution >= 0.6 is 11.5 Å². The molecule has 0 bridgehead atoms. The van der Waals surface area contributed by atoms with Crippen LogP contribution in [-0.4, -0.2) is 10.9 Å². The van der Waals surface area contributed by atoms with E-state index < -0.39 is 0 Å². The number of hydrogen-bond acceptors (Lipinski definition) is 3. The van der Waals surface area contributed by atoms with Gasteiger partial charge in [0.05, 0.1) is 0 Å². The molecular weight excluding hydrogens is 192 g/mol. The second-order valence-electron chi connectivity index (χ2n) is 3.46. The number of rotatable bonds is 1. The van der Waals surface area contributed by atoms with E-state index in [4.69, 9.17) is 0 Å². The molecule has 3 rings (SSSR count). The van der Waals surface area contributed by atoms with Gasteiger partial charge in [-0.1, -0.05) is 12.1 Å². The highest BCUT2D eigenvalue weighted by Gasteiger charge is 2.10. The lowest BCUT2D eigenvalue weighted by molar-refractivity contribution is 1.11. The molecule has 1 aliphatic heterocycles. The Morgan fingerprint density at radius 3 is 3.14 bits per heavy atom. The van der Waals surface area contributed by atoms with Crippen molar-refractivity contribution in [1.29, 1.82) is 0 Å². The molecule has 1 aromatic carbocycles. The first-order valence-corrected chi connectivity index (χ1v) is 5.54. The molecule has 70 valence electrons. The molecule has 3 heteroatoms. The highest BCUT2D eigenvalue weighted by Crippen LogP contribution is 2.29. The van der Waals surface area contributed by atoms with Crippen LogP contribution in [0, 0.1) is 0 Å². The van der Waals surface area contributed by atoms with E-state index in [0.717, 1.165) is 13.0 Å². The molecule has 1 N–H and O–H groups in total. The molecule has 14 heavy (non-hydrogen) atoms. The quantitative estimate of drug-likeness (QED) is 0.769. The summed E-state index contributed by atoms with van der Waals surface area (Å²) in [7, 11) is 0. The van der Waals surface area contributed by atoms with Gasteiger partial charge < -0.3 is 5.32 Å². The summed E-state index contributed by atoms with van der Waals surface area (Å²) in [5.41, 5.74) is 5.18. The van der Waals surface area contributed by atoms with Crippen molar-refractivity contribution in [3.8, 4) is 11.1 Å².